The molecule has 0 radical (unpaired) electrons. The summed E-state index contributed by atoms with van der Waals surface area (Å²) >= 11 is -3.20. The van der Waals surface area contributed by atoms with Crippen LogP contribution in [0.3, 0.4) is 0 Å². The molecule has 2 aromatic rings. The van der Waals surface area contributed by atoms with E-state index in [-0.39, 0.29) is 0 Å². The number of pyridine rings is 2. The Hall–Kier alpha value is -0.432. The van der Waals surface area contributed by atoms with E-state index in [4.69, 9.17) is 18.8 Å². The van der Waals surface area contributed by atoms with E-state index in [9.17, 15) is 0 Å². The molecule has 2 rings (SSSR count). The van der Waals surface area contributed by atoms with Gasteiger partial charge in [0.05, 0.1) is 0 Å². The Balaban J connectivity index is 2.44. The number of rotatable bonds is 2. The first-order valence-electron chi connectivity index (χ1n) is 4.10. The molecule has 0 bridgehead atoms. The number of aromatic nitrogens is 2. The van der Waals surface area contributed by atoms with Crippen LogP contribution in [0.15, 0.2) is 48.8 Å². The minimum absolute atomic E-state index is 0.757. The van der Waals surface area contributed by atoms with E-state index >= 15 is 0 Å². The SMILES string of the molecule is [Cl][Pt-2]([Cl])([c]1ccccn1)[c]1ccccn1. The first kappa shape index (κ1) is 11.1. The van der Waals surface area contributed by atoms with Gasteiger partial charge in [-0.3, -0.25) is 0 Å². The van der Waals surface area contributed by atoms with Crippen LogP contribution < -0.4 is 8.17 Å². The molecule has 84 valence electrons. The molecule has 0 fully saturated rings. The van der Waals surface area contributed by atoms with Gasteiger partial charge in [-0.1, -0.05) is 0 Å². The Morgan fingerprint density at radius 1 is 0.800 bits per heavy atom. The zero-order valence-corrected chi connectivity index (χ0v) is 11.4. The Bertz CT molecular complexity index is 392. The second-order valence-corrected chi connectivity index (χ2v) is 14.4. The molecular weight excluding hydrogens is 414 g/mol. The molecule has 0 N–H and O–H groups in total. The standard InChI is InChI=1S/2C5H4N.2ClH.Pt/c2*1-2-4-6-5-3-1;;;/h2*1-4H;2*1H;/p-2. The molecular formula is C10H8Cl2N2Pt-2. The normalized spacial score (nSPS) is 12.4. The molecule has 2 heterocycles. The van der Waals surface area contributed by atoms with E-state index in [1.54, 1.807) is 12.4 Å². The van der Waals surface area contributed by atoms with Gasteiger partial charge in [0.25, 0.3) is 0 Å². The third-order valence-electron chi connectivity index (χ3n) is 1.63. The van der Waals surface area contributed by atoms with E-state index < -0.39 is 14.0 Å². The monoisotopic (exact) mass is 421 g/mol. The Labute approximate surface area is 99.3 Å². The Kier molecular flexibility index (Phi) is 3.40. The van der Waals surface area contributed by atoms with Gasteiger partial charge in [0.2, 0.25) is 0 Å². The van der Waals surface area contributed by atoms with Gasteiger partial charge in [-0.2, -0.15) is 0 Å². The first-order valence-corrected chi connectivity index (χ1v) is 12.0. The number of hydrogen-bond donors (Lipinski definition) is 0. The molecule has 0 spiro atoms. The van der Waals surface area contributed by atoms with Gasteiger partial charge in [0.15, 0.2) is 0 Å². The second kappa shape index (κ2) is 4.61. The molecule has 2 aromatic heterocycles. The van der Waals surface area contributed by atoms with Gasteiger partial charge in [0, 0.05) is 0 Å². The van der Waals surface area contributed by atoms with E-state index in [1.165, 1.54) is 0 Å². The molecule has 5 heteroatoms. The molecule has 0 aliphatic heterocycles. The maximum absolute atomic E-state index is 6.41. The zero-order valence-electron chi connectivity index (χ0n) is 7.59. The van der Waals surface area contributed by atoms with Crippen LogP contribution >= 0.6 is 18.8 Å². The maximum atomic E-state index is 6.41. The van der Waals surface area contributed by atoms with Crippen molar-refractivity contribution in [1.82, 2.24) is 9.97 Å². The summed E-state index contributed by atoms with van der Waals surface area (Å²) in [5.74, 6) is 0. The van der Waals surface area contributed by atoms with Crippen molar-refractivity contribution in [3.8, 4) is 0 Å². The van der Waals surface area contributed by atoms with Gasteiger partial charge in [-0.15, -0.1) is 0 Å². The van der Waals surface area contributed by atoms with Crippen molar-refractivity contribution in [2.24, 2.45) is 0 Å². The summed E-state index contributed by atoms with van der Waals surface area (Å²) in [6.45, 7) is 0. The average Bonchev–Trinajstić information content (AvgIpc) is 2.31. The Morgan fingerprint density at radius 2 is 1.27 bits per heavy atom. The van der Waals surface area contributed by atoms with Crippen LogP contribution in [-0.2, 0) is 14.0 Å². The van der Waals surface area contributed by atoms with Crippen LogP contribution in [0.25, 0.3) is 0 Å². The summed E-state index contributed by atoms with van der Waals surface area (Å²) in [6, 6.07) is 11.2. The van der Waals surface area contributed by atoms with Gasteiger partial charge >= 0.3 is 99.7 Å². The van der Waals surface area contributed by atoms with Gasteiger partial charge in [0.1, 0.15) is 0 Å². The number of hydrogen-bond acceptors (Lipinski definition) is 2. The summed E-state index contributed by atoms with van der Waals surface area (Å²) in [5.41, 5.74) is 0. The molecule has 0 amide bonds. The third-order valence-corrected chi connectivity index (χ3v) is 9.91. The van der Waals surface area contributed by atoms with E-state index in [0.29, 0.717) is 0 Å². The summed E-state index contributed by atoms with van der Waals surface area (Å²) in [4.78, 5) is 8.41. The molecule has 2 nitrogen and oxygen atoms in total. The first-order chi connectivity index (χ1) is 7.21. The molecule has 0 saturated heterocycles. The van der Waals surface area contributed by atoms with Crippen LogP contribution in [-0.4, -0.2) is 9.97 Å². The summed E-state index contributed by atoms with van der Waals surface area (Å²) in [5, 5.41) is 0. The second-order valence-electron chi connectivity index (χ2n) is 2.60. The predicted molar refractivity (Wildman–Crippen MR) is 59.4 cm³/mol. The summed E-state index contributed by atoms with van der Waals surface area (Å²) in [7, 11) is 12.8. The number of nitrogens with zero attached hydrogens (tertiary/aromatic N) is 2. The quantitative estimate of drug-likeness (QED) is 0.739. The fourth-order valence-electron chi connectivity index (χ4n) is 0.981. The van der Waals surface area contributed by atoms with Crippen molar-refractivity contribution in [2.75, 3.05) is 0 Å². The predicted octanol–water partition coefficient (Wildman–Crippen LogP) is 1.89. The zero-order chi connectivity index (χ0) is 10.7. The molecule has 0 aliphatic rings. The van der Waals surface area contributed by atoms with Crippen LogP contribution in [0.4, 0.5) is 0 Å². The van der Waals surface area contributed by atoms with Crippen molar-refractivity contribution >= 4 is 27.0 Å². The van der Waals surface area contributed by atoms with Crippen LogP contribution in [0.2, 0.25) is 0 Å². The van der Waals surface area contributed by atoms with Crippen LogP contribution in [0, 0.1) is 0 Å². The van der Waals surface area contributed by atoms with Crippen molar-refractivity contribution in [3.63, 3.8) is 0 Å². The molecule has 15 heavy (non-hydrogen) atoms. The van der Waals surface area contributed by atoms with Gasteiger partial charge < -0.3 is 0 Å². The van der Waals surface area contributed by atoms with Gasteiger partial charge in [-0.05, 0) is 0 Å². The molecule has 0 saturated carbocycles. The summed E-state index contributed by atoms with van der Waals surface area (Å²) in [6.07, 6.45) is 3.39. The van der Waals surface area contributed by atoms with E-state index in [0.717, 1.165) is 8.17 Å². The third kappa shape index (κ3) is 2.39. The van der Waals surface area contributed by atoms with Crippen molar-refractivity contribution in [1.29, 1.82) is 0 Å². The average molecular weight is 422 g/mol. The van der Waals surface area contributed by atoms with Crippen molar-refractivity contribution in [2.45, 2.75) is 0 Å². The molecule has 0 atom stereocenters. The van der Waals surface area contributed by atoms with E-state index in [1.807, 2.05) is 36.4 Å². The van der Waals surface area contributed by atoms with E-state index in [2.05, 4.69) is 9.97 Å². The Morgan fingerprint density at radius 3 is 1.60 bits per heavy atom. The molecule has 0 aliphatic carbocycles. The van der Waals surface area contributed by atoms with Crippen molar-refractivity contribution < 1.29 is 14.0 Å². The molecule has 0 unspecified atom stereocenters. The fraction of sp³-hybridized carbons (Fsp3) is 0. The summed E-state index contributed by atoms with van der Waals surface area (Å²) < 4.78 is 1.51. The van der Waals surface area contributed by atoms with Gasteiger partial charge in [-0.25, -0.2) is 0 Å². The molecule has 0 aromatic carbocycles. The van der Waals surface area contributed by atoms with Crippen LogP contribution in [0.1, 0.15) is 0 Å². The fourth-order valence-corrected chi connectivity index (χ4v) is 6.36. The van der Waals surface area contributed by atoms with Crippen molar-refractivity contribution in [3.05, 3.63) is 48.8 Å². The topological polar surface area (TPSA) is 25.8 Å². The number of halogens is 2. The minimum atomic E-state index is -3.20. The van der Waals surface area contributed by atoms with Crippen LogP contribution in [0.5, 0.6) is 0 Å².